The van der Waals surface area contributed by atoms with Gasteiger partial charge < -0.3 is 5.11 Å². The average Bonchev–Trinajstić information content (AvgIpc) is 3.17. The van der Waals surface area contributed by atoms with Crippen LogP contribution in [0, 0.1) is 40.4 Å². The molecule has 5 unspecified atom stereocenters. The fraction of sp³-hybridized carbons (Fsp3) is 0.778. The summed E-state index contributed by atoms with van der Waals surface area (Å²) < 4.78 is 0. The zero-order valence-corrected chi connectivity index (χ0v) is 12.7. The molecule has 3 heteroatoms. The molecule has 0 spiro atoms. The normalized spacial score (nSPS) is 56.6. The SMILES string of the molecule is CC12CCC(C3=C1C1CC3[C@@H]3C(=O)CC(=O)[C@H]13)C2(C)CO. The van der Waals surface area contributed by atoms with Crippen LogP contribution in [0.5, 0.6) is 0 Å². The third-order valence-electron chi connectivity index (χ3n) is 8.20. The van der Waals surface area contributed by atoms with E-state index in [4.69, 9.17) is 0 Å². The number of aliphatic hydroxyl groups excluding tert-OH is 1. The van der Waals surface area contributed by atoms with Gasteiger partial charge >= 0.3 is 0 Å². The molecule has 0 heterocycles. The van der Waals surface area contributed by atoms with E-state index in [9.17, 15) is 14.7 Å². The molecular formula is C18H22O3. The summed E-state index contributed by atoms with van der Waals surface area (Å²) in [5.41, 5.74) is 3.00. The summed E-state index contributed by atoms with van der Waals surface area (Å²) in [6, 6.07) is 0. The number of hydrogen-bond acceptors (Lipinski definition) is 3. The highest BCUT2D eigenvalue weighted by Crippen LogP contribution is 2.77. The molecule has 0 aromatic rings. The van der Waals surface area contributed by atoms with E-state index in [0.717, 1.165) is 19.3 Å². The zero-order chi connectivity index (χ0) is 14.7. The van der Waals surface area contributed by atoms with Crippen LogP contribution in [0.2, 0.25) is 0 Å². The molecule has 3 nitrogen and oxygen atoms in total. The molecule has 0 radical (unpaired) electrons. The summed E-state index contributed by atoms with van der Waals surface area (Å²) in [7, 11) is 0. The highest BCUT2D eigenvalue weighted by molar-refractivity contribution is 6.10. The van der Waals surface area contributed by atoms with Crippen LogP contribution in [-0.4, -0.2) is 23.3 Å². The number of carbonyl (C=O) groups excluding carboxylic acids is 2. The predicted octanol–water partition coefficient (Wildman–Crippen LogP) is 2.14. The van der Waals surface area contributed by atoms with Gasteiger partial charge in [0.05, 0.1) is 6.42 Å². The summed E-state index contributed by atoms with van der Waals surface area (Å²) in [6.45, 7) is 4.75. The molecule has 1 N–H and O–H groups in total. The minimum absolute atomic E-state index is 0.00728. The second kappa shape index (κ2) is 3.34. The monoisotopic (exact) mass is 286 g/mol. The fourth-order valence-electron chi connectivity index (χ4n) is 7.18. The molecule has 3 saturated carbocycles. The van der Waals surface area contributed by atoms with Crippen molar-refractivity contribution in [1.29, 1.82) is 0 Å². The standard InChI is InChI=1S/C18H22O3/c1-17-4-3-10(18(17,2)7-19)13-8-5-9(16(13)17)15-12(21)6-11(20)14(8)15/h8-10,14-15,19H,3-7H2,1-2H3/t8?,9?,10?,14-,15+,17?,18?/m1/s1. The Labute approximate surface area is 124 Å². The molecule has 5 aliphatic rings. The first-order chi connectivity index (χ1) is 9.94. The Morgan fingerprint density at radius 1 is 1.14 bits per heavy atom. The molecule has 5 rings (SSSR count). The predicted molar refractivity (Wildman–Crippen MR) is 76.3 cm³/mol. The van der Waals surface area contributed by atoms with Gasteiger partial charge in [0.2, 0.25) is 0 Å². The van der Waals surface area contributed by atoms with Crippen LogP contribution in [0.1, 0.15) is 39.5 Å². The number of fused-ring (bicyclic) bond motifs is 11. The number of ketones is 2. The third kappa shape index (κ3) is 1.04. The molecule has 7 atom stereocenters. The summed E-state index contributed by atoms with van der Waals surface area (Å²) in [5.74, 6) is 1.46. The van der Waals surface area contributed by atoms with Gasteiger partial charge in [0.15, 0.2) is 0 Å². The molecule has 112 valence electrons. The van der Waals surface area contributed by atoms with Crippen molar-refractivity contribution in [2.45, 2.75) is 39.5 Å². The van der Waals surface area contributed by atoms with Gasteiger partial charge in [-0.1, -0.05) is 25.0 Å². The summed E-state index contributed by atoms with van der Waals surface area (Å²) in [4.78, 5) is 24.6. The first-order valence-corrected chi connectivity index (χ1v) is 8.35. The maximum atomic E-state index is 12.3. The molecule has 0 aromatic carbocycles. The third-order valence-corrected chi connectivity index (χ3v) is 8.20. The minimum Gasteiger partial charge on any atom is -0.396 e. The van der Waals surface area contributed by atoms with Crippen molar-refractivity contribution in [3.63, 3.8) is 0 Å². The van der Waals surface area contributed by atoms with Gasteiger partial charge in [-0.25, -0.2) is 0 Å². The molecule has 4 bridgehead atoms. The van der Waals surface area contributed by atoms with Gasteiger partial charge in [-0.05, 0) is 42.4 Å². The van der Waals surface area contributed by atoms with E-state index < -0.39 is 0 Å². The summed E-state index contributed by atoms with van der Waals surface area (Å²) in [5, 5.41) is 10.1. The molecule has 0 aliphatic heterocycles. The first-order valence-electron chi connectivity index (χ1n) is 8.35. The molecule has 0 aromatic heterocycles. The van der Waals surface area contributed by atoms with Crippen molar-refractivity contribution in [3.8, 4) is 0 Å². The van der Waals surface area contributed by atoms with Gasteiger partial charge in [0, 0.05) is 23.9 Å². The van der Waals surface area contributed by atoms with Crippen LogP contribution in [0.3, 0.4) is 0 Å². The van der Waals surface area contributed by atoms with E-state index in [1.165, 1.54) is 11.1 Å². The van der Waals surface area contributed by atoms with E-state index in [1.807, 2.05) is 0 Å². The Bertz CT molecular complexity index is 632. The van der Waals surface area contributed by atoms with Crippen LogP contribution in [0.25, 0.3) is 0 Å². The van der Waals surface area contributed by atoms with Crippen LogP contribution < -0.4 is 0 Å². The smallest absolute Gasteiger partial charge is 0.144 e. The largest absolute Gasteiger partial charge is 0.396 e. The fourth-order valence-corrected chi connectivity index (χ4v) is 7.18. The zero-order valence-electron chi connectivity index (χ0n) is 12.7. The number of allylic oxidation sites excluding steroid dienone is 2. The number of Topliss-reactive ketones (excluding diaryl/α,β-unsaturated/α-hetero) is 2. The van der Waals surface area contributed by atoms with Crippen molar-refractivity contribution in [1.82, 2.24) is 0 Å². The van der Waals surface area contributed by atoms with Crippen LogP contribution in [0.4, 0.5) is 0 Å². The van der Waals surface area contributed by atoms with Crippen LogP contribution in [0.15, 0.2) is 11.1 Å². The second-order valence-corrected chi connectivity index (χ2v) is 8.48. The minimum atomic E-state index is -0.0701. The molecule has 3 fully saturated rings. The lowest BCUT2D eigenvalue weighted by Crippen LogP contribution is -2.39. The second-order valence-electron chi connectivity index (χ2n) is 8.48. The Kier molecular flexibility index (Phi) is 2.00. The van der Waals surface area contributed by atoms with Gasteiger partial charge in [-0.3, -0.25) is 9.59 Å². The number of carbonyl (C=O) groups is 2. The molecule has 0 saturated heterocycles. The van der Waals surface area contributed by atoms with Crippen molar-refractivity contribution < 1.29 is 14.7 Å². The van der Waals surface area contributed by atoms with Crippen LogP contribution in [-0.2, 0) is 9.59 Å². The molecule has 0 amide bonds. The highest BCUT2D eigenvalue weighted by atomic mass is 16.3. The maximum absolute atomic E-state index is 12.3. The quantitative estimate of drug-likeness (QED) is 0.456. The van der Waals surface area contributed by atoms with E-state index in [0.29, 0.717) is 17.8 Å². The Morgan fingerprint density at radius 2 is 1.81 bits per heavy atom. The Balaban J connectivity index is 1.69. The van der Waals surface area contributed by atoms with Crippen molar-refractivity contribution in [3.05, 3.63) is 11.1 Å². The van der Waals surface area contributed by atoms with Gasteiger partial charge in [-0.2, -0.15) is 0 Å². The number of hydrogen-bond donors (Lipinski definition) is 1. The molecule has 21 heavy (non-hydrogen) atoms. The Hall–Kier alpha value is -0.960. The van der Waals surface area contributed by atoms with Gasteiger partial charge in [0.1, 0.15) is 11.6 Å². The number of aliphatic hydroxyl groups is 1. The Morgan fingerprint density at radius 3 is 2.48 bits per heavy atom. The molecular weight excluding hydrogens is 264 g/mol. The van der Waals surface area contributed by atoms with Gasteiger partial charge in [-0.15, -0.1) is 0 Å². The lowest BCUT2D eigenvalue weighted by molar-refractivity contribution is -0.123. The van der Waals surface area contributed by atoms with E-state index in [2.05, 4.69) is 13.8 Å². The number of rotatable bonds is 1. The van der Waals surface area contributed by atoms with Crippen molar-refractivity contribution in [2.75, 3.05) is 6.61 Å². The lowest BCUT2D eigenvalue weighted by Gasteiger charge is -2.41. The van der Waals surface area contributed by atoms with E-state index in [1.54, 1.807) is 0 Å². The molecule has 5 aliphatic carbocycles. The van der Waals surface area contributed by atoms with E-state index in [-0.39, 0.29) is 47.3 Å². The van der Waals surface area contributed by atoms with E-state index >= 15 is 0 Å². The van der Waals surface area contributed by atoms with Gasteiger partial charge in [0.25, 0.3) is 0 Å². The summed E-state index contributed by atoms with van der Waals surface area (Å²) in [6.07, 6.45) is 3.50. The first kappa shape index (κ1) is 12.6. The average molecular weight is 286 g/mol. The van der Waals surface area contributed by atoms with Crippen LogP contribution >= 0.6 is 0 Å². The summed E-state index contributed by atoms with van der Waals surface area (Å²) >= 11 is 0. The maximum Gasteiger partial charge on any atom is 0.144 e. The topological polar surface area (TPSA) is 54.4 Å². The lowest BCUT2D eigenvalue weighted by atomic mass is 9.63. The van der Waals surface area contributed by atoms with Crippen molar-refractivity contribution in [2.24, 2.45) is 40.4 Å². The highest BCUT2D eigenvalue weighted by Gasteiger charge is 2.72. The van der Waals surface area contributed by atoms with Crippen molar-refractivity contribution >= 4 is 11.6 Å².